The van der Waals surface area contributed by atoms with E-state index >= 15 is 0 Å². The summed E-state index contributed by atoms with van der Waals surface area (Å²) >= 11 is 0. The molecular weight excluding hydrogens is 444 g/mol. The second-order valence-electron chi connectivity index (χ2n) is 8.56. The van der Waals surface area contributed by atoms with Gasteiger partial charge in [-0.1, -0.05) is 0 Å². The van der Waals surface area contributed by atoms with Gasteiger partial charge in [0.05, 0.1) is 34.9 Å². The van der Waals surface area contributed by atoms with E-state index in [4.69, 9.17) is 5.26 Å². The number of alkyl halides is 2. The summed E-state index contributed by atoms with van der Waals surface area (Å²) in [5.41, 5.74) is 1.43. The number of amides is 1. The Morgan fingerprint density at radius 2 is 1.94 bits per heavy atom. The van der Waals surface area contributed by atoms with Crippen molar-refractivity contribution in [3.63, 3.8) is 0 Å². The van der Waals surface area contributed by atoms with Crippen molar-refractivity contribution in [1.29, 1.82) is 5.26 Å². The lowest BCUT2D eigenvalue weighted by molar-refractivity contribution is 0.0920. The molecule has 174 valence electrons. The number of hydrogen-bond donors (Lipinski definition) is 2. The number of carbonyl (C=O) groups excluding carboxylic acids is 1. The summed E-state index contributed by atoms with van der Waals surface area (Å²) in [6.07, 6.45) is 4.66. The maximum absolute atomic E-state index is 12.9. The van der Waals surface area contributed by atoms with E-state index < -0.39 is 18.5 Å². The first-order chi connectivity index (χ1) is 16.1. The highest BCUT2D eigenvalue weighted by atomic mass is 19.3. The molecule has 1 amide bonds. The molecule has 0 aliphatic rings. The number of halogens is 2. The highest BCUT2D eigenvalue weighted by Crippen LogP contribution is 2.25. The predicted molar refractivity (Wildman–Crippen MR) is 120 cm³/mol. The lowest BCUT2D eigenvalue weighted by atomic mass is 10.1. The summed E-state index contributed by atoms with van der Waals surface area (Å²) in [6, 6.07) is 5.30. The monoisotopic (exact) mass is 465 g/mol. The third-order valence-corrected chi connectivity index (χ3v) is 4.61. The van der Waals surface area contributed by atoms with Gasteiger partial charge >= 0.3 is 0 Å². The van der Waals surface area contributed by atoms with Crippen LogP contribution in [-0.4, -0.2) is 47.4 Å². The molecule has 0 fully saturated rings. The van der Waals surface area contributed by atoms with Crippen LogP contribution < -0.4 is 10.6 Å². The predicted octanol–water partition coefficient (Wildman–Crippen LogP) is 3.42. The zero-order valence-corrected chi connectivity index (χ0v) is 18.6. The number of hydrogen-bond acceptors (Lipinski definition) is 7. The van der Waals surface area contributed by atoms with Crippen LogP contribution in [0.25, 0.3) is 16.9 Å². The lowest BCUT2D eigenvalue weighted by Crippen LogP contribution is -2.40. The average Bonchev–Trinajstić information content (AvgIpc) is 3.38. The Labute approximate surface area is 193 Å². The van der Waals surface area contributed by atoms with E-state index in [9.17, 15) is 13.6 Å². The van der Waals surface area contributed by atoms with Crippen LogP contribution in [0.5, 0.6) is 0 Å². The van der Waals surface area contributed by atoms with E-state index in [1.165, 1.54) is 29.5 Å². The van der Waals surface area contributed by atoms with Gasteiger partial charge in [-0.3, -0.25) is 9.48 Å². The largest absolute Gasteiger partial charge is 0.352 e. The number of anilines is 2. The molecule has 0 spiro atoms. The highest BCUT2D eigenvalue weighted by Gasteiger charge is 2.21. The number of nitrogens with one attached hydrogen (secondary N) is 2. The summed E-state index contributed by atoms with van der Waals surface area (Å²) in [7, 11) is 0. The zero-order valence-electron chi connectivity index (χ0n) is 18.6. The molecule has 12 heteroatoms. The van der Waals surface area contributed by atoms with Crippen molar-refractivity contribution in [1.82, 2.24) is 34.8 Å². The Bertz CT molecular complexity index is 1400. The van der Waals surface area contributed by atoms with Crippen LogP contribution in [0, 0.1) is 11.3 Å². The van der Waals surface area contributed by atoms with Crippen LogP contribution in [-0.2, 0) is 6.54 Å². The number of carbonyl (C=O) groups is 1. The molecule has 4 heterocycles. The minimum absolute atomic E-state index is 0.247. The topological polar surface area (TPSA) is 126 Å². The standard InChI is InChI=1S/C22H21F2N9O/c1-22(2,3)31-21(34)16-10-26-19(33-20-14(8-29-33)4-13(6-25)7-27-20)5-17(16)30-15-9-28-32(11-15)12-18(23)24/h4-5,7-11,18H,12H2,1-3H3,(H,26,30)(H,31,34). The molecule has 2 N–H and O–H groups in total. The SMILES string of the molecule is CC(C)(C)NC(=O)c1cnc(-n2ncc3cc(C#N)cnc32)cc1Nc1cnn(CC(F)F)c1. The van der Waals surface area contributed by atoms with E-state index in [1.807, 2.05) is 26.8 Å². The van der Waals surface area contributed by atoms with Crippen molar-refractivity contribution in [3.8, 4) is 11.9 Å². The highest BCUT2D eigenvalue weighted by molar-refractivity contribution is 6.00. The van der Waals surface area contributed by atoms with Gasteiger partial charge in [0.2, 0.25) is 0 Å². The molecule has 0 bridgehead atoms. The van der Waals surface area contributed by atoms with Gasteiger partial charge in [-0.05, 0) is 26.8 Å². The van der Waals surface area contributed by atoms with Crippen LogP contribution in [0.15, 0.2) is 43.1 Å². The first-order valence-corrected chi connectivity index (χ1v) is 10.3. The molecule has 0 aromatic carbocycles. The molecule has 0 saturated heterocycles. The van der Waals surface area contributed by atoms with Crippen molar-refractivity contribution >= 4 is 28.3 Å². The quantitative estimate of drug-likeness (QED) is 0.447. The Morgan fingerprint density at radius 1 is 1.15 bits per heavy atom. The molecule has 4 aromatic heterocycles. The van der Waals surface area contributed by atoms with Gasteiger partial charge in [0.1, 0.15) is 12.6 Å². The third-order valence-electron chi connectivity index (χ3n) is 4.61. The molecule has 0 aliphatic carbocycles. The number of rotatable bonds is 6. The first-order valence-electron chi connectivity index (χ1n) is 10.3. The third kappa shape index (κ3) is 4.98. The van der Waals surface area contributed by atoms with Crippen LogP contribution in [0.3, 0.4) is 0 Å². The van der Waals surface area contributed by atoms with Gasteiger partial charge in [0.15, 0.2) is 11.5 Å². The second kappa shape index (κ2) is 8.86. The van der Waals surface area contributed by atoms with E-state index in [-0.39, 0.29) is 11.5 Å². The summed E-state index contributed by atoms with van der Waals surface area (Å²) < 4.78 is 28.0. The zero-order chi connectivity index (χ0) is 24.5. The molecular formula is C22H21F2N9O. The fourth-order valence-electron chi connectivity index (χ4n) is 3.23. The Balaban J connectivity index is 1.75. The molecule has 10 nitrogen and oxygen atoms in total. The van der Waals surface area contributed by atoms with Gasteiger partial charge < -0.3 is 10.6 Å². The Hall–Kier alpha value is -4.40. The van der Waals surface area contributed by atoms with Gasteiger partial charge in [0.25, 0.3) is 12.3 Å². The number of aromatic nitrogens is 6. The van der Waals surface area contributed by atoms with Crippen molar-refractivity contribution < 1.29 is 13.6 Å². The van der Waals surface area contributed by atoms with E-state index in [1.54, 1.807) is 18.3 Å². The fourth-order valence-corrected chi connectivity index (χ4v) is 3.23. The van der Waals surface area contributed by atoms with Crippen molar-refractivity contribution in [2.24, 2.45) is 0 Å². The average molecular weight is 465 g/mol. The molecule has 4 aromatic rings. The second-order valence-corrected chi connectivity index (χ2v) is 8.56. The summed E-state index contributed by atoms with van der Waals surface area (Å²) in [4.78, 5) is 21.6. The van der Waals surface area contributed by atoms with Crippen molar-refractivity contribution in [3.05, 3.63) is 54.2 Å². The van der Waals surface area contributed by atoms with Crippen molar-refractivity contribution in [2.75, 3.05) is 5.32 Å². The molecule has 0 atom stereocenters. The van der Waals surface area contributed by atoms with Gasteiger partial charge in [-0.25, -0.2) is 18.7 Å². The molecule has 4 rings (SSSR count). The molecule has 0 unspecified atom stereocenters. The van der Waals surface area contributed by atoms with Gasteiger partial charge in [0, 0.05) is 35.6 Å². The first kappa shape index (κ1) is 22.8. The fraction of sp³-hybridized carbons (Fsp3) is 0.273. The number of pyridine rings is 2. The van der Waals surface area contributed by atoms with Crippen LogP contribution in [0.1, 0.15) is 36.7 Å². The van der Waals surface area contributed by atoms with Crippen LogP contribution in [0.4, 0.5) is 20.2 Å². The lowest BCUT2D eigenvalue weighted by Gasteiger charge is -2.21. The molecule has 0 radical (unpaired) electrons. The van der Waals surface area contributed by atoms with Gasteiger partial charge in [-0.15, -0.1) is 0 Å². The smallest absolute Gasteiger partial charge is 0.257 e. The summed E-state index contributed by atoms with van der Waals surface area (Å²) in [5, 5.41) is 23.9. The molecule has 34 heavy (non-hydrogen) atoms. The van der Waals surface area contributed by atoms with Crippen molar-refractivity contribution in [2.45, 2.75) is 39.3 Å². The summed E-state index contributed by atoms with van der Waals surface area (Å²) in [6.45, 7) is 5.01. The molecule has 0 aliphatic heterocycles. The number of nitriles is 1. The van der Waals surface area contributed by atoms with Gasteiger partial charge in [-0.2, -0.15) is 20.1 Å². The van der Waals surface area contributed by atoms with E-state index in [2.05, 4.69) is 30.8 Å². The van der Waals surface area contributed by atoms with E-state index in [0.717, 1.165) is 4.68 Å². The molecule has 0 saturated carbocycles. The summed E-state index contributed by atoms with van der Waals surface area (Å²) in [5.74, 6) is -0.00174. The maximum Gasteiger partial charge on any atom is 0.257 e. The van der Waals surface area contributed by atoms with E-state index in [0.29, 0.717) is 33.8 Å². The maximum atomic E-state index is 12.9. The number of nitrogens with zero attached hydrogens (tertiary/aromatic N) is 7. The van der Waals surface area contributed by atoms with Crippen LogP contribution in [0.2, 0.25) is 0 Å². The Kier molecular flexibility index (Phi) is 5.93. The van der Waals surface area contributed by atoms with Crippen LogP contribution >= 0.6 is 0 Å². The minimum atomic E-state index is -2.55. The normalized spacial score (nSPS) is 11.6. The number of fused-ring (bicyclic) bond motifs is 1. The minimum Gasteiger partial charge on any atom is -0.352 e. The Morgan fingerprint density at radius 3 is 2.65 bits per heavy atom.